The minimum Gasteiger partial charge on any atom is -1.00 e. The first-order valence-electron chi connectivity index (χ1n) is 10.3. The molecule has 0 saturated carbocycles. The number of hydrogen-bond donors (Lipinski definition) is 2. The predicted octanol–water partition coefficient (Wildman–Crippen LogP) is 0.0744. The number of nitrogens with zero attached hydrogens (tertiary/aromatic N) is 1. The summed E-state index contributed by atoms with van der Waals surface area (Å²) < 4.78 is 6.94. The summed E-state index contributed by atoms with van der Waals surface area (Å²) in [6.07, 6.45) is 1.76. The molecule has 0 bridgehead atoms. The van der Waals surface area contributed by atoms with E-state index in [0.717, 1.165) is 11.3 Å². The Morgan fingerprint density at radius 1 is 0.844 bits per heavy atom. The van der Waals surface area contributed by atoms with Crippen LogP contribution in [0.1, 0.15) is 43.2 Å². The van der Waals surface area contributed by atoms with Crippen molar-refractivity contribution in [2.75, 3.05) is 0 Å². The molecule has 0 atom stereocenters. The molecule has 0 aliphatic rings. The molecule has 0 aliphatic heterocycles. The van der Waals surface area contributed by atoms with Crippen LogP contribution >= 0.6 is 0 Å². The molecule has 1 heterocycles. The number of benzene rings is 2. The maximum atomic E-state index is 10.00. The van der Waals surface area contributed by atoms with Crippen LogP contribution in [0, 0.1) is 6.92 Å². The van der Waals surface area contributed by atoms with Crippen molar-refractivity contribution in [3.05, 3.63) is 89.2 Å². The maximum Gasteiger partial charge on any atom is 1.00 e. The Morgan fingerprint density at radius 3 is 1.72 bits per heavy atom. The van der Waals surface area contributed by atoms with Crippen LogP contribution in [0.5, 0.6) is 0 Å². The second kappa shape index (κ2) is 12.3. The number of aliphatic hydroxyl groups is 2. The van der Waals surface area contributed by atoms with Crippen LogP contribution in [0.3, 0.4) is 0 Å². The minimum absolute atomic E-state index is 0. The Balaban J connectivity index is 0.00000256. The van der Waals surface area contributed by atoms with Crippen molar-refractivity contribution in [1.82, 2.24) is 4.98 Å². The van der Waals surface area contributed by atoms with Gasteiger partial charge in [0.1, 0.15) is 0 Å². The van der Waals surface area contributed by atoms with Crippen molar-refractivity contribution in [3.63, 3.8) is 0 Å². The molecule has 0 unspecified atom stereocenters. The zero-order valence-corrected chi connectivity index (χ0v) is 22.8. The fourth-order valence-corrected chi connectivity index (χ4v) is 8.75. The minimum atomic E-state index is -2.68. The zero-order chi connectivity index (χ0) is 21.8. The van der Waals surface area contributed by atoms with Gasteiger partial charge in [-0.25, -0.2) is 0 Å². The van der Waals surface area contributed by atoms with E-state index in [-0.39, 0.29) is 56.2 Å². The average Bonchev–Trinajstić information content (AvgIpc) is 2.75. The van der Waals surface area contributed by atoms with E-state index in [1.807, 2.05) is 19.1 Å². The number of rotatable bonds is 7. The van der Waals surface area contributed by atoms with E-state index in [1.54, 1.807) is 6.20 Å². The molecular weight excluding hydrogens is 424 g/mol. The van der Waals surface area contributed by atoms with Gasteiger partial charge in [0.05, 0.1) is 19.8 Å². The summed E-state index contributed by atoms with van der Waals surface area (Å²) in [5.74, 6) is 0. The number of aromatic nitrogens is 1. The molecule has 0 saturated heterocycles. The van der Waals surface area contributed by atoms with Crippen LogP contribution in [0.15, 0.2) is 66.9 Å². The molecule has 3 aromatic rings. The Morgan fingerprint density at radius 2 is 1.31 bits per heavy atom. The summed E-state index contributed by atoms with van der Waals surface area (Å²) in [6.45, 7) is 8.57. The van der Waals surface area contributed by atoms with Gasteiger partial charge < -0.3 is 23.1 Å². The van der Waals surface area contributed by atoms with Gasteiger partial charge in [-0.3, -0.25) is 4.98 Å². The van der Waals surface area contributed by atoms with Gasteiger partial charge >= 0.3 is 29.6 Å². The van der Waals surface area contributed by atoms with Gasteiger partial charge in [0.25, 0.3) is 8.32 Å². The average molecular weight is 455 g/mol. The molecule has 162 valence electrons. The molecule has 32 heavy (non-hydrogen) atoms. The van der Waals surface area contributed by atoms with Gasteiger partial charge in [0.15, 0.2) is 0 Å². The standard InChI is InChI=1S/C25H31NO3Si.B.Na/c1-19-23(16-27)24(17-28)20(15-26-19)18-29-30(25(2,3)4,21-11-7-5-8-12-21)22-13-9-6-10-14-22;;/h5-15,27-28H,16-18H2,1-4H3;;/q;-1;+1. The van der Waals surface area contributed by atoms with Crippen molar-refractivity contribution in [2.24, 2.45) is 0 Å². The zero-order valence-electron chi connectivity index (χ0n) is 19.8. The van der Waals surface area contributed by atoms with Gasteiger partial charge in [0, 0.05) is 23.0 Å². The van der Waals surface area contributed by atoms with Crippen LogP contribution in [-0.2, 0) is 24.2 Å². The van der Waals surface area contributed by atoms with E-state index in [4.69, 9.17) is 4.43 Å². The Kier molecular flexibility index (Phi) is 11.0. The summed E-state index contributed by atoms with van der Waals surface area (Å²) >= 11 is 0. The summed E-state index contributed by atoms with van der Waals surface area (Å²) in [4.78, 5) is 4.43. The Bertz CT molecular complexity index is 942. The number of hydrogen-bond acceptors (Lipinski definition) is 4. The molecule has 0 aliphatic carbocycles. The second-order valence-corrected chi connectivity index (χ2v) is 12.9. The van der Waals surface area contributed by atoms with E-state index in [1.165, 1.54) is 10.4 Å². The largest absolute Gasteiger partial charge is 1.00 e. The van der Waals surface area contributed by atoms with E-state index in [0.29, 0.717) is 17.7 Å². The van der Waals surface area contributed by atoms with E-state index >= 15 is 0 Å². The molecule has 4 nitrogen and oxygen atoms in total. The van der Waals surface area contributed by atoms with Gasteiger partial charge in [-0.15, -0.1) is 0 Å². The molecule has 0 fully saturated rings. The molecule has 1 aromatic heterocycles. The molecule has 3 rings (SSSR count). The molecule has 7 heteroatoms. The predicted molar refractivity (Wildman–Crippen MR) is 129 cm³/mol. The van der Waals surface area contributed by atoms with E-state index in [2.05, 4.69) is 74.3 Å². The number of pyridine rings is 1. The van der Waals surface area contributed by atoms with Crippen LogP contribution in [0.25, 0.3) is 0 Å². The van der Waals surface area contributed by atoms with Crippen LogP contribution in [-0.4, -0.2) is 31.9 Å². The van der Waals surface area contributed by atoms with E-state index in [9.17, 15) is 10.2 Å². The summed E-state index contributed by atoms with van der Waals surface area (Å²) in [5, 5.41) is 22.1. The topological polar surface area (TPSA) is 62.6 Å². The van der Waals surface area contributed by atoms with Crippen LogP contribution < -0.4 is 39.9 Å². The van der Waals surface area contributed by atoms with Crippen molar-refractivity contribution in [2.45, 2.75) is 52.6 Å². The first kappa shape index (κ1) is 28.8. The van der Waals surface area contributed by atoms with Crippen molar-refractivity contribution in [1.29, 1.82) is 0 Å². The van der Waals surface area contributed by atoms with Crippen molar-refractivity contribution in [3.8, 4) is 0 Å². The summed E-state index contributed by atoms with van der Waals surface area (Å²) in [5.41, 5.74) is 2.94. The van der Waals surface area contributed by atoms with E-state index < -0.39 is 8.32 Å². The third-order valence-corrected chi connectivity index (χ3v) is 10.8. The number of aliphatic hydroxyl groups excluding tert-OH is 2. The fraction of sp³-hybridized carbons (Fsp3) is 0.320. The third kappa shape index (κ3) is 5.62. The summed E-state index contributed by atoms with van der Waals surface area (Å²) in [7, 11) is -2.68. The summed E-state index contributed by atoms with van der Waals surface area (Å²) in [6, 6.07) is 20.9. The Hall–Kier alpha value is -1.25. The molecule has 2 N–H and O–H groups in total. The molecule has 4 radical (unpaired) electrons. The quantitative estimate of drug-likeness (QED) is 0.496. The van der Waals surface area contributed by atoms with Gasteiger partial charge in [-0.1, -0.05) is 81.4 Å². The van der Waals surface area contributed by atoms with Crippen LogP contribution in [0.2, 0.25) is 5.04 Å². The normalized spacial score (nSPS) is 11.4. The van der Waals surface area contributed by atoms with Gasteiger partial charge in [-0.05, 0) is 27.9 Å². The third-order valence-electron chi connectivity index (χ3n) is 5.78. The molecular formula is C25H31BNNaO3Si. The number of aryl methyl sites for hydroxylation is 1. The SMILES string of the molecule is Cc1ncc(CO[Si](c2ccccc2)(c2ccccc2)C(C)(C)C)c(CO)c1CO.[B-].[Na+]. The molecule has 0 amide bonds. The molecule has 2 aromatic carbocycles. The second-order valence-electron chi connectivity index (χ2n) is 8.59. The van der Waals surface area contributed by atoms with Gasteiger partial charge in [0.2, 0.25) is 0 Å². The van der Waals surface area contributed by atoms with Crippen molar-refractivity contribution < 1.29 is 44.2 Å². The van der Waals surface area contributed by atoms with Crippen molar-refractivity contribution >= 4 is 27.1 Å². The maximum absolute atomic E-state index is 10.00. The van der Waals surface area contributed by atoms with Gasteiger partial charge in [-0.2, -0.15) is 0 Å². The smallest absolute Gasteiger partial charge is 1.00 e. The first-order valence-corrected chi connectivity index (χ1v) is 12.2. The fourth-order valence-electron chi connectivity index (χ4n) is 4.22. The first-order chi connectivity index (χ1) is 14.3. The van der Waals surface area contributed by atoms with Crippen LogP contribution in [0.4, 0.5) is 0 Å². The Labute approximate surface area is 217 Å². The molecule has 0 spiro atoms. The monoisotopic (exact) mass is 455 g/mol.